The number of aromatic nitrogens is 2. The van der Waals surface area contributed by atoms with Gasteiger partial charge in [-0.25, -0.2) is 4.98 Å². The van der Waals surface area contributed by atoms with E-state index in [9.17, 15) is 4.79 Å². The average molecular weight is 183 g/mol. The molecule has 0 bridgehead atoms. The molecular formula is C7H13N5O. The molecule has 1 aromatic heterocycles. The Morgan fingerprint density at radius 3 is 3.08 bits per heavy atom. The standard InChI is InChI=1S/C7H13N5O/c1-4(8)2-10-6-5(9)7(13)12-3-11-6/h3-4H,2,8-9H2,1H3,(H2,10,11,12,13). The highest BCUT2D eigenvalue weighted by molar-refractivity contribution is 5.58. The van der Waals surface area contributed by atoms with E-state index >= 15 is 0 Å². The lowest BCUT2D eigenvalue weighted by atomic mass is 10.3. The van der Waals surface area contributed by atoms with Crippen LogP contribution >= 0.6 is 0 Å². The number of hydrogen-bond donors (Lipinski definition) is 4. The minimum atomic E-state index is -0.345. The average Bonchev–Trinajstić information content (AvgIpc) is 2.07. The van der Waals surface area contributed by atoms with Crippen LogP contribution in [0.5, 0.6) is 0 Å². The third-order valence-corrected chi connectivity index (χ3v) is 1.48. The van der Waals surface area contributed by atoms with Crippen molar-refractivity contribution in [2.45, 2.75) is 13.0 Å². The number of aromatic amines is 1. The highest BCUT2D eigenvalue weighted by Crippen LogP contribution is 2.06. The second kappa shape index (κ2) is 3.90. The maximum Gasteiger partial charge on any atom is 0.276 e. The van der Waals surface area contributed by atoms with Gasteiger partial charge in [0.15, 0.2) is 5.82 Å². The van der Waals surface area contributed by atoms with E-state index in [0.29, 0.717) is 12.4 Å². The summed E-state index contributed by atoms with van der Waals surface area (Å²) in [5.41, 5.74) is 10.7. The van der Waals surface area contributed by atoms with E-state index in [1.165, 1.54) is 6.33 Å². The van der Waals surface area contributed by atoms with Gasteiger partial charge in [-0.3, -0.25) is 4.79 Å². The maximum atomic E-state index is 11.0. The summed E-state index contributed by atoms with van der Waals surface area (Å²) in [7, 11) is 0. The zero-order chi connectivity index (χ0) is 9.84. The molecule has 6 heteroatoms. The van der Waals surface area contributed by atoms with E-state index < -0.39 is 0 Å². The van der Waals surface area contributed by atoms with Crippen LogP contribution in [0.25, 0.3) is 0 Å². The molecule has 0 saturated heterocycles. The quantitative estimate of drug-likeness (QED) is 0.486. The molecule has 0 amide bonds. The van der Waals surface area contributed by atoms with E-state index in [1.807, 2.05) is 6.92 Å². The molecule has 0 spiro atoms. The summed E-state index contributed by atoms with van der Waals surface area (Å²) in [6, 6.07) is -0.0134. The van der Waals surface area contributed by atoms with Crippen molar-refractivity contribution in [1.29, 1.82) is 0 Å². The van der Waals surface area contributed by atoms with Gasteiger partial charge in [-0.15, -0.1) is 0 Å². The molecule has 1 aromatic rings. The van der Waals surface area contributed by atoms with Gasteiger partial charge in [-0.1, -0.05) is 0 Å². The zero-order valence-electron chi connectivity index (χ0n) is 7.37. The smallest absolute Gasteiger partial charge is 0.276 e. The number of rotatable bonds is 3. The number of hydrogen-bond acceptors (Lipinski definition) is 5. The second-order valence-electron chi connectivity index (χ2n) is 2.85. The van der Waals surface area contributed by atoms with E-state index in [-0.39, 0.29) is 17.3 Å². The fraction of sp³-hybridized carbons (Fsp3) is 0.429. The predicted molar refractivity (Wildman–Crippen MR) is 51.4 cm³/mol. The van der Waals surface area contributed by atoms with Crippen molar-refractivity contribution in [2.24, 2.45) is 5.73 Å². The van der Waals surface area contributed by atoms with Gasteiger partial charge in [0.25, 0.3) is 5.56 Å². The first-order chi connectivity index (χ1) is 6.11. The molecule has 0 aromatic carbocycles. The Bertz CT molecular complexity index is 332. The fourth-order valence-corrected chi connectivity index (χ4v) is 0.809. The van der Waals surface area contributed by atoms with Crippen LogP contribution in [0.4, 0.5) is 11.5 Å². The van der Waals surface area contributed by atoms with Gasteiger partial charge in [-0.2, -0.15) is 0 Å². The number of nitrogens with zero attached hydrogens (tertiary/aromatic N) is 1. The molecule has 0 aliphatic rings. The Morgan fingerprint density at radius 1 is 1.77 bits per heavy atom. The van der Waals surface area contributed by atoms with Crippen LogP contribution in [-0.4, -0.2) is 22.6 Å². The number of H-pyrrole nitrogens is 1. The summed E-state index contributed by atoms with van der Waals surface area (Å²) < 4.78 is 0. The van der Waals surface area contributed by atoms with Crippen molar-refractivity contribution >= 4 is 11.5 Å². The molecule has 72 valence electrons. The third-order valence-electron chi connectivity index (χ3n) is 1.48. The first kappa shape index (κ1) is 9.53. The highest BCUT2D eigenvalue weighted by Gasteiger charge is 2.03. The summed E-state index contributed by atoms with van der Waals surface area (Å²) in [6.07, 6.45) is 1.29. The van der Waals surface area contributed by atoms with Crippen LogP contribution in [0.15, 0.2) is 11.1 Å². The Kier molecular flexibility index (Phi) is 2.86. The Labute approximate surface area is 75.4 Å². The number of anilines is 2. The zero-order valence-corrected chi connectivity index (χ0v) is 7.37. The summed E-state index contributed by atoms with van der Waals surface area (Å²) in [5, 5.41) is 2.87. The Morgan fingerprint density at radius 2 is 2.46 bits per heavy atom. The summed E-state index contributed by atoms with van der Waals surface area (Å²) >= 11 is 0. The van der Waals surface area contributed by atoms with Crippen molar-refractivity contribution in [3.05, 3.63) is 16.7 Å². The minimum Gasteiger partial charge on any atom is -0.391 e. The molecule has 13 heavy (non-hydrogen) atoms. The van der Waals surface area contributed by atoms with Gasteiger partial charge < -0.3 is 21.8 Å². The molecule has 0 aliphatic heterocycles. The summed E-state index contributed by atoms with van der Waals surface area (Å²) in [6.45, 7) is 2.37. The van der Waals surface area contributed by atoms with Crippen LogP contribution < -0.4 is 22.3 Å². The number of nitrogens with one attached hydrogen (secondary N) is 2. The normalized spacial score (nSPS) is 12.5. The number of nitrogen functional groups attached to an aromatic ring is 1. The first-order valence-corrected chi connectivity index (χ1v) is 3.94. The van der Waals surface area contributed by atoms with Crippen molar-refractivity contribution in [1.82, 2.24) is 9.97 Å². The molecule has 1 heterocycles. The molecule has 6 N–H and O–H groups in total. The second-order valence-corrected chi connectivity index (χ2v) is 2.85. The SMILES string of the molecule is CC(N)CNc1nc[nH]c(=O)c1N. The molecule has 1 atom stereocenters. The van der Waals surface area contributed by atoms with Crippen LogP contribution in [0.3, 0.4) is 0 Å². The van der Waals surface area contributed by atoms with Gasteiger partial charge >= 0.3 is 0 Å². The fourth-order valence-electron chi connectivity index (χ4n) is 0.809. The van der Waals surface area contributed by atoms with E-state index in [2.05, 4.69) is 15.3 Å². The van der Waals surface area contributed by atoms with Gasteiger partial charge in [0, 0.05) is 12.6 Å². The summed E-state index contributed by atoms with van der Waals surface area (Å²) in [4.78, 5) is 17.2. The molecule has 0 aliphatic carbocycles. The maximum absolute atomic E-state index is 11.0. The Hall–Kier alpha value is -1.56. The van der Waals surface area contributed by atoms with E-state index in [0.717, 1.165) is 0 Å². The van der Waals surface area contributed by atoms with Crippen LogP contribution in [0.2, 0.25) is 0 Å². The van der Waals surface area contributed by atoms with Gasteiger partial charge in [0.2, 0.25) is 0 Å². The molecular weight excluding hydrogens is 170 g/mol. The molecule has 1 unspecified atom stereocenters. The van der Waals surface area contributed by atoms with Crippen LogP contribution in [-0.2, 0) is 0 Å². The highest BCUT2D eigenvalue weighted by atomic mass is 16.1. The Balaban J connectivity index is 2.77. The molecule has 0 fully saturated rings. The van der Waals surface area contributed by atoms with Gasteiger partial charge in [0.05, 0.1) is 6.33 Å². The molecule has 6 nitrogen and oxygen atoms in total. The van der Waals surface area contributed by atoms with Crippen LogP contribution in [0.1, 0.15) is 6.92 Å². The van der Waals surface area contributed by atoms with Crippen molar-refractivity contribution in [3.8, 4) is 0 Å². The molecule has 1 rings (SSSR count). The van der Waals surface area contributed by atoms with Crippen LogP contribution in [0, 0.1) is 0 Å². The predicted octanol–water partition coefficient (Wildman–Crippen LogP) is -0.889. The van der Waals surface area contributed by atoms with E-state index in [4.69, 9.17) is 11.5 Å². The monoisotopic (exact) mass is 183 g/mol. The molecule has 0 radical (unpaired) electrons. The van der Waals surface area contributed by atoms with Gasteiger partial charge in [0.1, 0.15) is 5.69 Å². The lowest BCUT2D eigenvalue weighted by Crippen LogP contribution is -2.27. The lowest BCUT2D eigenvalue weighted by Gasteiger charge is -2.08. The number of nitrogens with two attached hydrogens (primary N) is 2. The van der Waals surface area contributed by atoms with Gasteiger partial charge in [-0.05, 0) is 6.92 Å². The van der Waals surface area contributed by atoms with Crippen molar-refractivity contribution < 1.29 is 0 Å². The van der Waals surface area contributed by atoms with Crippen molar-refractivity contribution in [2.75, 3.05) is 17.6 Å². The largest absolute Gasteiger partial charge is 0.391 e. The van der Waals surface area contributed by atoms with Crippen molar-refractivity contribution in [3.63, 3.8) is 0 Å². The van der Waals surface area contributed by atoms with E-state index in [1.54, 1.807) is 0 Å². The minimum absolute atomic E-state index is 0.0134. The molecule has 0 saturated carbocycles. The topological polar surface area (TPSA) is 110 Å². The first-order valence-electron chi connectivity index (χ1n) is 3.94. The third kappa shape index (κ3) is 2.45. The summed E-state index contributed by atoms with van der Waals surface area (Å²) in [5.74, 6) is 0.376. The lowest BCUT2D eigenvalue weighted by molar-refractivity contribution is 0.777.